The normalized spacial score (nSPS) is 14.6. The van der Waals surface area contributed by atoms with Gasteiger partial charge in [-0.15, -0.1) is 0 Å². The molecule has 0 bridgehead atoms. The first kappa shape index (κ1) is 16.7. The van der Waals surface area contributed by atoms with E-state index in [2.05, 4.69) is 17.6 Å². The Balaban J connectivity index is 1.80. The molecule has 1 saturated carbocycles. The topological polar surface area (TPSA) is 50.4 Å². The molecule has 0 amide bonds. The van der Waals surface area contributed by atoms with Crippen LogP contribution < -0.4 is 10.6 Å². The van der Waals surface area contributed by atoms with Gasteiger partial charge in [-0.25, -0.2) is 4.79 Å². The van der Waals surface area contributed by atoms with Crippen molar-refractivity contribution in [2.24, 2.45) is 0 Å². The first-order chi connectivity index (χ1) is 10.7. The summed E-state index contributed by atoms with van der Waals surface area (Å²) in [5, 5.41) is 7.13. The van der Waals surface area contributed by atoms with Crippen LogP contribution in [0.3, 0.4) is 0 Å². The SMILES string of the molecule is CCCCOC(=O)c1ccc(NC(=S)NC2CCCC2)cc1. The van der Waals surface area contributed by atoms with Gasteiger partial charge in [0.25, 0.3) is 0 Å². The highest BCUT2D eigenvalue weighted by Gasteiger charge is 2.15. The first-order valence-corrected chi connectivity index (χ1v) is 8.44. The number of carbonyl (C=O) groups excluding carboxylic acids is 1. The van der Waals surface area contributed by atoms with E-state index in [1.54, 1.807) is 12.1 Å². The van der Waals surface area contributed by atoms with E-state index in [0.717, 1.165) is 18.5 Å². The number of anilines is 1. The maximum absolute atomic E-state index is 11.8. The van der Waals surface area contributed by atoms with Gasteiger partial charge in [0.15, 0.2) is 5.11 Å². The molecule has 1 fully saturated rings. The minimum Gasteiger partial charge on any atom is -0.462 e. The monoisotopic (exact) mass is 320 g/mol. The van der Waals surface area contributed by atoms with Crippen LogP contribution in [0, 0.1) is 0 Å². The summed E-state index contributed by atoms with van der Waals surface area (Å²) in [6.45, 7) is 2.54. The van der Waals surface area contributed by atoms with Crippen LogP contribution in [0.2, 0.25) is 0 Å². The zero-order valence-corrected chi connectivity index (χ0v) is 13.9. The van der Waals surface area contributed by atoms with Crippen molar-refractivity contribution < 1.29 is 9.53 Å². The molecule has 0 unspecified atom stereocenters. The summed E-state index contributed by atoms with van der Waals surface area (Å²) in [4.78, 5) is 11.8. The molecule has 120 valence electrons. The Morgan fingerprint density at radius 3 is 2.59 bits per heavy atom. The van der Waals surface area contributed by atoms with E-state index >= 15 is 0 Å². The Hall–Kier alpha value is -1.62. The second-order valence-corrected chi connectivity index (χ2v) is 6.05. The number of hydrogen-bond acceptors (Lipinski definition) is 3. The number of carbonyl (C=O) groups is 1. The zero-order valence-electron chi connectivity index (χ0n) is 13.1. The van der Waals surface area contributed by atoms with E-state index in [1.165, 1.54) is 25.7 Å². The summed E-state index contributed by atoms with van der Waals surface area (Å²) >= 11 is 5.31. The average Bonchev–Trinajstić information content (AvgIpc) is 3.01. The predicted molar refractivity (Wildman–Crippen MR) is 93.2 cm³/mol. The summed E-state index contributed by atoms with van der Waals surface area (Å²) < 4.78 is 5.18. The van der Waals surface area contributed by atoms with Crippen LogP contribution in [0.1, 0.15) is 55.8 Å². The van der Waals surface area contributed by atoms with Crippen LogP contribution in [0.5, 0.6) is 0 Å². The molecule has 1 aliphatic carbocycles. The van der Waals surface area contributed by atoms with Gasteiger partial charge in [0.2, 0.25) is 0 Å². The minimum atomic E-state index is -0.272. The Labute approximate surface area is 137 Å². The third-order valence-electron chi connectivity index (χ3n) is 3.80. The smallest absolute Gasteiger partial charge is 0.338 e. The number of thiocarbonyl (C=S) groups is 1. The molecular weight excluding hydrogens is 296 g/mol. The molecule has 2 rings (SSSR count). The molecule has 0 heterocycles. The van der Waals surface area contributed by atoms with Gasteiger partial charge in [0.1, 0.15) is 0 Å². The minimum absolute atomic E-state index is 0.272. The number of hydrogen-bond donors (Lipinski definition) is 2. The largest absolute Gasteiger partial charge is 0.462 e. The molecule has 4 nitrogen and oxygen atoms in total. The Kier molecular flexibility index (Phi) is 6.65. The number of ether oxygens (including phenoxy) is 1. The number of rotatable bonds is 6. The highest BCUT2D eigenvalue weighted by atomic mass is 32.1. The fourth-order valence-electron chi connectivity index (χ4n) is 2.50. The lowest BCUT2D eigenvalue weighted by molar-refractivity contribution is 0.0500. The lowest BCUT2D eigenvalue weighted by atomic mass is 10.2. The third-order valence-corrected chi connectivity index (χ3v) is 4.02. The molecule has 0 atom stereocenters. The molecule has 2 N–H and O–H groups in total. The van der Waals surface area contributed by atoms with Crippen LogP contribution in [-0.2, 0) is 4.74 Å². The summed E-state index contributed by atoms with van der Waals surface area (Å²) in [5.74, 6) is -0.272. The molecule has 0 radical (unpaired) electrons. The van der Waals surface area contributed by atoms with Crippen LogP contribution >= 0.6 is 12.2 Å². The van der Waals surface area contributed by atoms with Crippen LogP contribution in [0.4, 0.5) is 5.69 Å². The summed E-state index contributed by atoms with van der Waals surface area (Å²) in [6, 6.07) is 7.70. The highest BCUT2D eigenvalue weighted by molar-refractivity contribution is 7.80. The maximum atomic E-state index is 11.8. The number of esters is 1. The molecule has 0 saturated heterocycles. The van der Waals surface area contributed by atoms with Gasteiger partial charge >= 0.3 is 5.97 Å². The lowest BCUT2D eigenvalue weighted by Gasteiger charge is -2.15. The fraction of sp³-hybridized carbons (Fsp3) is 0.529. The molecule has 0 aromatic heterocycles. The molecule has 1 aromatic carbocycles. The van der Waals surface area contributed by atoms with Gasteiger partial charge in [-0.05, 0) is 55.7 Å². The highest BCUT2D eigenvalue weighted by Crippen LogP contribution is 2.18. The second-order valence-electron chi connectivity index (χ2n) is 5.65. The van der Waals surface area contributed by atoms with Gasteiger partial charge < -0.3 is 15.4 Å². The van der Waals surface area contributed by atoms with Crippen LogP contribution in [0.15, 0.2) is 24.3 Å². The van der Waals surface area contributed by atoms with Gasteiger partial charge in [-0.3, -0.25) is 0 Å². The van der Waals surface area contributed by atoms with Crippen molar-refractivity contribution in [3.8, 4) is 0 Å². The predicted octanol–water partition coefficient (Wildman–Crippen LogP) is 3.87. The number of benzene rings is 1. The maximum Gasteiger partial charge on any atom is 0.338 e. The Morgan fingerprint density at radius 1 is 1.27 bits per heavy atom. The van der Waals surface area contributed by atoms with Crippen molar-refractivity contribution in [1.29, 1.82) is 0 Å². The molecular formula is C17H24N2O2S. The standard InChI is InChI=1S/C17H24N2O2S/c1-2-3-12-21-16(20)13-8-10-15(11-9-13)19-17(22)18-14-6-4-5-7-14/h8-11,14H,2-7,12H2,1H3,(H2,18,19,22). The average molecular weight is 320 g/mol. The summed E-state index contributed by atoms with van der Waals surface area (Å²) in [5.41, 5.74) is 1.44. The lowest BCUT2D eigenvalue weighted by Crippen LogP contribution is -2.35. The van der Waals surface area contributed by atoms with Crippen molar-refractivity contribution in [2.45, 2.75) is 51.5 Å². The van der Waals surface area contributed by atoms with Crippen molar-refractivity contribution in [2.75, 3.05) is 11.9 Å². The van der Waals surface area contributed by atoms with Crippen LogP contribution in [0.25, 0.3) is 0 Å². The zero-order chi connectivity index (χ0) is 15.8. The van der Waals surface area contributed by atoms with E-state index in [4.69, 9.17) is 17.0 Å². The summed E-state index contributed by atoms with van der Waals surface area (Å²) in [6.07, 6.45) is 6.83. The van der Waals surface area contributed by atoms with Crippen molar-refractivity contribution in [1.82, 2.24) is 5.32 Å². The number of nitrogens with one attached hydrogen (secondary N) is 2. The van der Waals surface area contributed by atoms with Crippen LogP contribution in [-0.4, -0.2) is 23.7 Å². The van der Waals surface area contributed by atoms with E-state index < -0.39 is 0 Å². The Morgan fingerprint density at radius 2 is 1.95 bits per heavy atom. The number of unbranched alkanes of at least 4 members (excludes halogenated alkanes) is 1. The molecule has 0 spiro atoms. The van der Waals surface area contributed by atoms with E-state index in [-0.39, 0.29) is 5.97 Å². The Bertz CT molecular complexity index is 496. The summed E-state index contributed by atoms with van der Waals surface area (Å²) in [7, 11) is 0. The molecule has 1 aliphatic rings. The van der Waals surface area contributed by atoms with E-state index in [9.17, 15) is 4.79 Å². The third kappa shape index (κ3) is 5.30. The molecule has 22 heavy (non-hydrogen) atoms. The molecule has 1 aromatic rings. The van der Waals surface area contributed by atoms with Gasteiger partial charge in [0.05, 0.1) is 12.2 Å². The molecule has 5 heteroatoms. The van der Waals surface area contributed by atoms with E-state index in [0.29, 0.717) is 23.3 Å². The first-order valence-electron chi connectivity index (χ1n) is 8.03. The molecule has 0 aliphatic heterocycles. The van der Waals surface area contributed by atoms with Gasteiger partial charge in [-0.2, -0.15) is 0 Å². The fourth-order valence-corrected chi connectivity index (χ4v) is 2.79. The second kappa shape index (κ2) is 8.73. The quantitative estimate of drug-likeness (QED) is 0.473. The van der Waals surface area contributed by atoms with Gasteiger partial charge in [0, 0.05) is 11.7 Å². The van der Waals surface area contributed by atoms with Crippen molar-refractivity contribution in [3.05, 3.63) is 29.8 Å². The van der Waals surface area contributed by atoms with Gasteiger partial charge in [-0.1, -0.05) is 26.2 Å². The van der Waals surface area contributed by atoms with Crippen molar-refractivity contribution in [3.63, 3.8) is 0 Å². The van der Waals surface area contributed by atoms with E-state index in [1.807, 2.05) is 12.1 Å². The van der Waals surface area contributed by atoms with Crippen molar-refractivity contribution >= 4 is 29.0 Å².